The van der Waals surface area contributed by atoms with Gasteiger partial charge in [0.1, 0.15) is 0 Å². The summed E-state index contributed by atoms with van der Waals surface area (Å²) in [5.74, 6) is -0.330. The third-order valence-corrected chi connectivity index (χ3v) is 2.71. The summed E-state index contributed by atoms with van der Waals surface area (Å²) in [6.45, 7) is 3.36. The summed E-state index contributed by atoms with van der Waals surface area (Å²) in [5, 5.41) is 22.2. The Morgan fingerprint density at radius 1 is 1.56 bits per heavy atom. The highest BCUT2D eigenvalue weighted by Crippen LogP contribution is 2.17. The maximum absolute atomic E-state index is 11.9. The van der Waals surface area contributed by atoms with Gasteiger partial charge in [0.25, 0.3) is 11.6 Å². The quantitative estimate of drug-likeness (QED) is 0.612. The highest BCUT2D eigenvalue weighted by molar-refractivity contribution is 5.96. The molecule has 0 aliphatic heterocycles. The van der Waals surface area contributed by atoms with Crippen molar-refractivity contribution in [3.05, 3.63) is 39.4 Å². The van der Waals surface area contributed by atoms with E-state index in [1.54, 1.807) is 6.92 Å². The van der Waals surface area contributed by atoms with Crippen molar-refractivity contribution >= 4 is 11.6 Å². The van der Waals surface area contributed by atoms with Crippen LogP contribution in [0.3, 0.4) is 0 Å². The van der Waals surface area contributed by atoms with Gasteiger partial charge in [0, 0.05) is 17.7 Å². The average molecular weight is 252 g/mol. The van der Waals surface area contributed by atoms with E-state index in [4.69, 9.17) is 5.11 Å². The molecule has 1 aromatic rings. The molecule has 1 atom stereocenters. The van der Waals surface area contributed by atoms with Gasteiger partial charge >= 0.3 is 0 Å². The average Bonchev–Trinajstić information content (AvgIpc) is 2.35. The van der Waals surface area contributed by atoms with Crippen molar-refractivity contribution in [2.75, 3.05) is 6.61 Å². The highest BCUT2D eigenvalue weighted by Gasteiger charge is 2.15. The van der Waals surface area contributed by atoms with Gasteiger partial charge in [-0.05, 0) is 25.0 Å². The zero-order valence-corrected chi connectivity index (χ0v) is 10.3. The number of aryl methyl sites for hydroxylation is 1. The van der Waals surface area contributed by atoms with Crippen molar-refractivity contribution in [2.24, 2.45) is 0 Å². The Kier molecular flexibility index (Phi) is 4.79. The van der Waals surface area contributed by atoms with Gasteiger partial charge in [-0.2, -0.15) is 0 Å². The molecule has 0 aliphatic rings. The van der Waals surface area contributed by atoms with E-state index in [1.807, 2.05) is 6.92 Å². The van der Waals surface area contributed by atoms with Crippen molar-refractivity contribution in [3.63, 3.8) is 0 Å². The van der Waals surface area contributed by atoms with Crippen LogP contribution >= 0.6 is 0 Å². The van der Waals surface area contributed by atoms with Crippen LogP contribution < -0.4 is 5.32 Å². The van der Waals surface area contributed by atoms with Gasteiger partial charge in [0.05, 0.1) is 17.6 Å². The van der Waals surface area contributed by atoms with E-state index in [0.717, 1.165) is 0 Å². The summed E-state index contributed by atoms with van der Waals surface area (Å²) in [6, 6.07) is 3.77. The number of aliphatic hydroxyl groups is 1. The molecule has 18 heavy (non-hydrogen) atoms. The molecular formula is C12H16N2O4. The number of nitrogens with one attached hydrogen (secondary N) is 1. The molecule has 0 radical (unpaired) electrons. The molecule has 98 valence electrons. The molecule has 0 unspecified atom stereocenters. The second-order valence-corrected chi connectivity index (χ2v) is 4.02. The van der Waals surface area contributed by atoms with Gasteiger partial charge in [-0.3, -0.25) is 14.9 Å². The van der Waals surface area contributed by atoms with Crippen molar-refractivity contribution in [1.82, 2.24) is 5.32 Å². The Bertz CT molecular complexity index is 455. The Labute approximate surface area is 105 Å². The number of nitrogens with zero attached hydrogens (tertiary/aromatic N) is 1. The first-order valence-corrected chi connectivity index (χ1v) is 5.66. The van der Waals surface area contributed by atoms with Gasteiger partial charge in [-0.25, -0.2) is 0 Å². The molecule has 0 aromatic heterocycles. The van der Waals surface area contributed by atoms with Gasteiger partial charge < -0.3 is 10.4 Å². The van der Waals surface area contributed by atoms with Gasteiger partial charge in [0.2, 0.25) is 0 Å². The zero-order chi connectivity index (χ0) is 13.7. The SMILES string of the molecule is CC[C@H](CO)NC(=O)c1ccc([N+](=O)[O-])cc1C. The van der Waals surface area contributed by atoms with Crippen molar-refractivity contribution in [1.29, 1.82) is 0 Å². The highest BCUT2D eigenvalue weighted by atomic mass is 16.6. The first-order chi connectivity index (χ1) is 8.49. The van der Waals surface area contributed by atoms with Crippen LogP contribution in [0.2, 0.25) is 0 Å². The van der Waals surface area contributed by atoms with Crippen LogP contribution in [-0.2, 0) is 0 Å². The zero-order valence-electron chi connectivity index (χ0n) is 10.3. The Hall–Kier alpha value is -1.95. The van der Waals surface area contributed by atoms with E-state index in [-0.39, 0.29) is 24.2 Å². The largest absolute Gasteiger partial charge is 0.394 e. The molecule has 1 rings (SSSR count). The molecule has 0 saturated carbocycles. The number of carbonyl (C=O) groups is 1. The predicted molar refractivity (Wildman–Crippen MR) is 66.5 cm³/mol. The molecule has 0 heterocycles. The molecule has 1 amide bonds. The summed E-state index contributed by atoms with van der Waals surface area (Å²) in [5.41, 5.74) is 0.875. The van der Waals surface area contributed by atoms with E-state index in [0.29, 0.717) is 17.5 Å². The minimum Gasteiger partial charge on any atom is -0.394 e. The number of amides is 1. The minimum absolute atomic E-state index is 0.0433. The molecule has 6 heteroatoms. The summed E-state index contributed by atoms with van der Waals surface area (Å²) < 4.78 is 0. The van der Waals surface area contributed by atoms with E-state index in [2.05, 4.69) is 5.32 Å². The summed E-state index contributed by atoms with van der Waals surface area (Å²) >= 11 is 0. The van der Waals surface area contributed by atoms with Crippen LogP contribution in [0, 0.1) is 17.0 Å². The number of benzene rings is 1. The molecule has 0 fully saturated rings. The molecule has 6 nitrogen and oxygen atoms in total. The third-order valence-electron chi connectivity index (χ3n) is 2.71. The van der Waals surface area contributed by atoms with E-state index < -0.39 is 4.92 Å². The monoisotopic (exact) mass is 252 g/mol. The van der Waals surface area contributed by atoms with Crippen molar-refractivity contribution in [2.45, 2.75) is 26.3 Å². The summed E-state index contributed by atoms with van der Waals surface area (Å²) in [4.78, 5) is 22.0. The first kappa shape index (κ1) is 14.1. The molecule has 0 aliphatic carbocycles. The van der Waals surface area contributed by atoms with Crippen LogP contribution in [-0.4, -0.2) is 28.6 Å². The fourth-order valence-corrected chi connectivity index (χ4v) is 1.56. The van der Waals surface area contributed by atoms with E-state index in [1.165, 1.54) is 18.2 Å². The smallest absolute Gasteiger partial charge is 0.269 e. The Balaban J connectivity index is 2.90. The first-order valence-electron chi connectivity index (χ1n) is 5.66. The fraction of sp³-hybridized carbons (Fsp3) is 0.417. The molecule has 1 aromatic carbocycles. The maximum atomic E-state index is 11.9. The molecule has 0 saturated heterocycles. The number of nitro benzene ring substituents is 1. The van der Waals surface area contributed by atoms with Gasteiger partial charge in [-0.15, -0.1) is 0 Å². The standard InChI is InChI=1S/C12H16N2O4/c1-3-9(7-15)13-12(16)11-5-4-10(14(17)18)6-8(11)2/h4-6,9,15H,3,7H2,1-2H3,(H,13,16)/t9-/m1/s1. The molecule has 0 bridgehead atoms. The van der Waals surface area contributed by atoms with Gasteiger partial charge in [-0.1, -0.05) is 6.92 Å². The number of hydrogen-bond donors (Lipinski definition) is 2. The molecule has 2 N–H and O–H groups in total. The third kappa shape index (κ3) is 3.27. The van der Waals surface area contributed by atoms with E-state index in [9.17, 15) is 14.9 Å². The topological polar surface area (TPSA) is 92.5 Å². The van der Waals surface area contributed by atoms with E-state index >= 15 is 0 Å². The van der Waals surface area contributed by atoms with Crippen LogP contribution in [0.5, 0.6) is 0 Å². The second kappa shape index (κ2) is 6.11. The number of non-ortho nitro benzene ring substituents is 1. The van der Waals surface area contributed by atoms with Crippen LogP contribution in [0.25, 0.3) is 0 Å². The minimum atomic E-state index is -0.503. The van der Waals surface area contributed by atoms with Crippen LogP contribution in [0.4, 0.5) is 5.69 Å². The Morgan fingerprint density at radius 2 is 2.22 bits per heavy atom. The van der Waals surface area contributed by atoms with Crippen molar-refractivity contribution < 1.29 is 14.8 Å². The maximum Gasteiger partial charge on any atom is 0.269 e. The molecule has 0 spiro atoms. The van der Waals surface area contributed by atoms with Crippen LogP contribution in [0.1, 0.15) is 29.3 Å². The predicted octanol–water partition coefficient (Wildman–Crippen LogP) is 1.40. The lowest BCUT2D eigenvalue weighted by atomic mass is 10.1. The van der Waals surface area contributed by atoms with Crippen molar-refractivity contribution in [3.8, 4) is 0 Å². The lowest BCUT2D eigenvalue weighted by Gasteiger charge is -2.14. The van der Waals surface area contributed by atoms with Gasteiger partial charge in [0.15, 0.2) is 0 Å². The second-order valence-electron chi connectivity index (χ2n) is 4.02. The summed E-state index contributed by atoms with van der Waals surface area (Å²) in [7, 11) is 0. The number of aliphatic hydroxyl groups excluding tert-OH is 1. The fourth-order valence-electron chi connectivity index (χ4n) is 1.56. The summed E-state index contributed by atoms with van der Waals surface area (Å²) in [6.07, 6.45) is 0.619. The lowest BCUT2D eigenvalue weighted by Crippen LogP contribution is -2.37. The number of carbonyl (C=O) groups excluding carboxylic acids is 1. The lowest BCUT2D eigenvalue weighted by molar-refractivity contribution is -0.384. The van der Waals surface area contributed by atoms with Crippen LogP contribution in [0.15, 0.2) is 18.2 Å². The normalized spacial score (nSPS) is 11.9. The Morgan fingerprint density at radius 3 is 2.67 bits per heavy atom. The molecular weight excluding hydrogens is 236 g/mol. The number of rotatable bonds is 5. The number of nitro groups is 1. The number of hydrogen-bond acceptors (Lipinski definition) is 4.